The number of pyridine rings is 1. The predicted octanol–water partition coefficient (Wildman–Crippen LogP) is 2.67. The highest BCUT2D eigenvalue weighted by molar-refractivity contribution is 9.10. The molecule has 17 heavy (non-hydrogen) atoms. The fourth-order valence-electron chi connectivity index (χ4n) is 1.77. The quantitative estimate of drug-likeness (QED) is 0.926. The predicted molar refractivity (Wildman–Crippen MR) is 71.1 cm³/mol. The Kier molecular flexibility index (Phi) is 3.31. The summed E-state index contributed by atoms with van der Waals surface area (Å²) >= 11 is 3.52. The zero-order valence-corrected chi connectivity index (χ0v) is 11.7. The molecule has 2 aromatic heterocycles. The molecule has 1 atom stereocenters. The van der Waals surface area contributed by atoms with Crippen LogP contribution in [-0.4, -0.2) is 14.8 Å². The van der Waals surface area contributed by atoms with Crippen molar-refractivity contribution in [1.82, 2.24) is 14.8 Å². The molecule has 0 fully saturated rings. The van der Waals surface area contributed by atoms with E-state index in [0.717, 1.165) is 27.2 Å². The van der Waals surface area contributed by atoms with Gasteiger partial charge in [-0.25, -0.2) is 9.67 Å². The molecular weight excluding hydrogens is 280 g/mol. The van der Waals surface area contributed by atoms with Gasteiger partial charge in [0.2, 0.25) is 0 Å². The van der Waals surface area contributed by atoms with Gasteiger partial charge in [0.05, 0.1) is 15.9 Å². The van der Waals surface area contributed by atoms with Crippen LogP contribution >= 0.6 is 15.9 Å². The Bertz CT molecular complexity index is 545. The van der Waals surface area contributed by atoms with Gasteiger partial charge in [0.15, 0.2) is 5.82 Å². The summed E-state index contributed by atoms with van der Waals surface area (Å²) in [6.45, 7) is 5.91. The SMILES string of the molecule is Cc1nn(-c2ncccc2[C@H](C)N)c(C)c1Br. The number of aromatic nitrogens is 3. The highest BCUT2D eigenvalue weighted by Crippen LogP contribution is 2.25. The molecule has 2 N–H and O–H groups in total. The summed E-state index contributed by atoms with van der Waals surface area (Å²) < 4.78 is 2.84. The largest absolute Gasteiger partial charge is 0.324 e. The Hall–Kier alpha value is -1.20. The number of halogens is 1. The summed E-state index contributed by atoms with van der Waals surface area (Å²) in [4.78, 5) is 4.39. The highest BCUT2D eigenvalue weighted by Gasteiger charge is 2.15. The molecule has 2 aromatic rings. The Balaban J connectivity index is 2.64. The zero-order valence-electron chi connectivity index (χ0n) is 10.1. The highest BCUT2D eigenvalue weighted by atomic mass is 79.9. The molecule has 0 amide bonds. The fourth-order valence-corrected chi connectivity index (χ4v) is 2.02. The molecule has 0 aliphatic carbocycles. The molecule has 5 heteroatoms. The number of rotatable bonds is 2. The van der Waals surface area contributed by atoms with Gasteiger partial charge in [-0.2, -0.15) is 5.10 Å². The van der Waals surface area contributed by atoms with Gasteiger partial charge in [-0.05, 0) is 42.8 Å². The van der Waals surface area contributed by atoms with Crippen LogP contribution in [0.4, 0.5) is 0 Å². The van der Waals surface area contributed by atoms with Crippen LogP contribution in [0, 0.1) is 13.8 Å². The maximum Gasteiger partial charge on any atom is 0.158 e. The molecule has 0 spiro atoms. The van der Waals surface area contributed by atoms with Crippen LogP contribution in [0.1, 0.15) is 29.9 Å². The third kappa shape index (κ3) is 2.12. The van der Waals surface area contributed by atoms with Crippen LogP contribution in [0.25, 0.3) is 5.82 Å². The number of aryl methyl sites for hydroxylation is 1. The first kappa shape index (κ1) is 12.3. The Labute approximate surface area is 109 Å². The van der Waals surface area contributed by atoms with Gasteiger partial charge >= 0.3 is 0 Å². The van der Waals surface area contributed by atoms with Crippen molar-refractivity contribution < 1.29 is 0 Å². The average Bonchev–Trinajstić information content (AvgIpc) is 2.57. The third-order valence-electron chi connectivity index (χ3n) is 2.71. The molecule has 0 radical (unpaired) electrons. The van der Waals surface area contributed by atoms with E-state index in [-0.39, 0.29) is 6.04 Å². The monoisotopic (exact) mass is 294 g/mol. The van der Waals surface area contributed by atoms with E-state index in [4.69, 9.17) is 5.73 Å². The lowest BCUT2D eigenvalue weighted by Gasteiger charge is -2.12. The molecule has 2 rings (SSSR count). The zero-order chi connectivity index (χ0) is 12.6. The minimum atomic E-state index is -0.0682. The van der Waals surface area contributed by atoms with Crippen LogP contribution in [0.2, 0.25) is 0 Å². The number of hydrogen-bond donors (Lipinski definition) is 1. The lowest BCUT2D eigenvalue weighted by atomic mass is 10.1. The number of nitrogens with zero attached hydrogens (tertiary/aromatic N) is 3. The van der Waals surface area contributed by atoms with Crippen molar-refractivity contribution in [3.8, 4) is 5.82 Å². The Morgan fingerprint density at radius 3 is 2.65 bits per heavy atom. The molecule has 0 bridgehead atoms. The van der Waals surface area contributed by atoms with Crippen molar-refractivity contribution >= 4 is 15.9 Å². The second kappa shape index (κ2) is 4.58. The molecule has 0 aromatic carbocycles. The lowest BCUT2D eigenvalue weighted by Crippen LogP contribution is -2.12. The summed E-state index contributed by atoms with van der Waals surface area (Å²) in [5, 5.41) is 4.47. The van der Waals surface area contributed by atoms with Gasteiger partial charge in [0.25, 0.3) is 0 Å². The van der Waals surface area contributed by atoms with Crippen molar-refractivity contribution in [2.75, 3.05) is 0 Å². The van der Waals surface area contributed by atoms with Crippen molar-refractivity contribution in [2.45, 2.75) is 26.8 Å². The molecule has 0 saturated carbocycles. The molecule has 90 valence electrons. The lowest BCUT2D eigenvalue weighted by molar-refractivity contribution is 0.745. The smallest absolute Gasteiger partial charge is 0.158 e. The van der Waals surface area contributed by atoms with Crippen LogP contribution in [0.15, 0.2) is 22.8 Å². The average molecular weight is 295 g/mol. The van der Waals surface area contributed by atoms with E-state index in [9.17, 15) is 0 Å². The summed E-state index contributed by atoms with van der Waals surface area (Å²) in [7, 11) is 0. The van der Waals surface area contributed by atoms with Crippen molar-refractivity contribution in [3.05, 3.63) is 39.8 Å². The van der Waals surface area contributed by atoms with Gasteiger partial charge in [-0.3, -0.25) is 0 Å². The minimum absolute atomic E-state index is 0.0682. The van der Waals surface area contributed by atoms with Crippen LogP contribution in [-0.2, 0) is 0 Å². The summed E-state index contributed by atoms with van der Waals surface area (Å²) in [5.41, 5.74) is 8.92. The van der Waals surface area contributed by atoms with Crippen LogP contribution in [0.5, 0.6) is 0 Å². The summed E-state index contributed by atoms with van der Waals surface area (Å²) in [5.74, 6) is 0.800. The second-order valence-electron chi connectivity index (χ2n) is 4.10. The van der Waals surface area contributed by atoms with Gasteiger partial charge in [-0.1, -0.05) is 6.07 Å². The van der Waals surface area contributed by atoms with Crippen molar-refractivity contribution in [2.24, 2.45) is 5.73 Å². The topological polar surface area (TPSA) is 56.7 Å². The van der Waals surface area contributed by atoms with Crippen LogP contribution < -0.4 is 5.73 Å². The second-order valence-corrected chi connectivity index (χ2v) is 4.89. The molecule has 2 heterocycles. The van der Waals surface area contributed by atoms with Crippen LogP contribution in [0.3, 0.4) is 0 Å². The van der Waals surface area contributed by atoms with Gasteiger partial charge in [0.1, 0.15) is 0 Å². The van der Waals surface area contributed by atoms with E-state index in [2.05, 4.69) is 26.0 Å². The first-order chi connectivity index (χ1) is 8.02. The molecule has 0 aliphatic heterocycles. The summed E-state index contributed by atoms with van der Waals surface area (Å²) in [6, 6.07) is 3.81. The van der Waals surface area contributed by atoms with E-state index in [1.54, 1.807) is 6.20 Å². The number of hydrogen-bond acceptors (Lipinski definition) is 3. The summed E-state index contributed by atoms with van der Waals surface area (Å²) in [6.07, 6.45) is 1.76. The Morgan fingerprint density at radius 2 is 2.12 bits per heavy atom. The van der Waals surface area contributed by atoms with Gasteiger partial charge in [-0.15, -0.1) is 0 Å². The van der Waals surface area contributed by atoms with E-state index >= 15 is 0 Å². The van der Waals surface area contributed by atoms with E-state index < -0.39 is 0 Å². The van der Waals surface area contributed by atoms with E-state index in [0.29, 0.717) is 0 Å². The van der Waals surface area contributed by atoms with E-state index in [1.807, 2.05) is 37.6 Å². The molecular formula is C12H15BrN4. The van der Waals surface area contributed by atoms with Crippen molar-refractivity contribution in [3.63, 3.8) is 0 Å². The Morgan fingerprint density at radius 1 is 1.41 bits per heavy atom. The molecule has 0 unspecified atom stereocenters. The van der Waals surface area contributed by atoms with Gasteiger partial charge < -0.3 is 5.73 Å². The minimum Gasteiger partial charge on any atom is -0.324 e. The fraction of sp³-hybridized carbons (Fsp3) is 0.333. The first-order valence-electron chi connectivity index (χ1n) is 5.45. The maximum atomic E-state index is 5.95. The number of nitrogens with two attached hydrogens (primary N) is 1. The third-order valence-corrected chi connectivity index (χ3v) is 3.86. The molecule has 0 saturated heterocycles. The normalized spacial score (nSPS) is 12.8. The maximum absolute atomic E-state index is 5.95. The van der Waals surface area contributed by atoms with E-state index in [1.165, 1.54) is 0 Å². The molecule has 0 aliphatic rings. The van der Waals surface area contributed by atoms with Crippen molar-refractivity contribution in [1.29, 1.82) is 0 Å². The first-order valence-corrected chi connectivity index (χ1v) is 6.24. The van der Waals surface area contributed by atoms with Gasteiger partial charge in [0, 0.05) is 17.8 Å². The molecule has 4 nitrogen and oxygen atoms in total. The standard InChI is InChI=1S/C12H15BrN4/c1-7(14)10-5-4-6-15-12(10)17-9(3)11(13)8(2)16-17/h4-7H,14H2,1-3H3/t7-/m0/s1.